The molecule has 0 aromatic heterocycles. The van der Waals surface area contributed by atoms with E-state index >= 15 is 0 Å². The average molecular weight is 356 g/mol. The van der Waals surface area contributed by atoms with E-state index in [9.17, 15) is 35.4 Å². The number of aromatic hydroxyl groups is 1. The summed E-state index contributed by atoms with van der Waals surface area (Å²) in [6, 6.07) is 4.33. The quantitative estimate of drug-likeness (QED) is 0.333. The van der Waals surface area contributed by atoms with Crippen molar-refractivity contribution in [1.82, 2.24) is 0 Å². The predicted octanol–water partition coefficient (Wildman–Crippen LogP) is -1.86. The number of carbonyl (C=O) groups is 1. The number of ketones is 1. The van der Waals surface area contributed by atoms with Crippen LogP contribution in [0.2, 0.25) is 0 Å². The molecule has 0 bridgehead atoms. The second-order valence-corrected chi connectivity index (χ2v) is 5.57. The molecule has 6 atom stereocenters. The minimum absolute atomic E-state index is 0.0775. The Morgan fingerprint density at radius 3 is 2.52 bits per heavy atom. The number of aliphatic hydroxyl groups excluding tert-OH is 5. The largest absolute Gasteiger partial charge is 0.504 e. The standard InChI is InChI=1S/C16H20O9/c1-24-10-6-7(2-4-8(10)17)3-5-9(18)11(19)15-13(21)12(20)14(22)16(23)25-15/h2-6,11-17,19-23H,1H3/t11?,12-,13-,14+,15+,16?/m0/s1. The molecule has 1 saturated heterocycles. The molecule has 2 unspecified atom stereocenters. The number of rotatable bonds is 5. The summed E-state index contributed by atoms with van der Waals surface area (Å²) in [7, 11) is 1.37. The third-order valence-electron chi connectivity index (χ3n) is 3.87. The second kappa shape index (κ2) is 7.91. The highest BCUT2D eigenvalue weighted by Gasteiger charge is 2.47. The monoisotopic (exact) mass is 356 g/mol. The van der Waals surface area contributed by atoms with Gasteiger partial charge in [0.25, 0.3) is 0 Å². The van der Waals surface area contributed by atoms with E-state index < -0.39 is 42.6 Å². The Kier molecular flexibility index (Phi) is 6.11. The fourth-order valence-corrected chi connectivity index (χ4v) is 2.38. The smallest absolute Gasteiger partial charge is 0.186 e. The molecule has 138 valence electrons. The van der Waals surface area contributed by atoms with E-state index in [2.05, 4.69) is 0 Å². The molecule has 1 aromatic carbocycles. The van der Waals surface area contributed by atoms with Crippen LogP contribution in [0.25, 0.3) is 6.08 Å². The fourth-order valence-electron chi connectivity index (χ4n) is 2.38. The van der Waals surface area contributed by atoms with E-state index in [0.29, 0.717) is 5.56 Å². The molecule has 1 aliphatic heterocycles. The van der Waals surface area contributed by atoms with Crippen molar-refractivity contribution in [3.8, 4) is 11.5 Å². The zero-order chi connectivity index (χ0) is 18.7. The van der Waals surface area contributed by atoms with Gasteiger partial charge in [-0.15, -0.1) is 0 Å². The molecule has 9 nitrogen and oxygen atoms in total. The first-order valence-electron chi connectivity index (χ1n) is 7.41. The lowest BCUT2D eigenvalue weighted by molar-refractivity contribution is -0.293. The van der Waals surface area contributed by atoms with E-state index in [-0.39, 0.29) is 11.5 Å². The van der Waals surface area contributed by atoms with Gasteiger partial charge in [0.2, 0.25) is 0 Å². The van der Waals surface area contributed by atoms with Crippen molar-refractivity contribution in [1.29, 1.82) is 0 Å². The van der Waals surface area contributed by atoms with Crippen LogP contribution in [-0.4, -0.2) is 80.3 Å². The van der Waals surface area contributed by atoms with E-state index in [4.69, 9.17) is 9.47 Å². The molecule has 0 radical (unpaired) electrons. The molecule has 1 fully saturated rings. The number of aliphatic hydroxyl groups is 5. The zero-order valence-corrected chi connectivity index (χ0v) is 13.3. The molecule has 0 amide bonds. The fraction of sp³-hybridized carbons (Fsp3) is 0.438. The Hall–Kier alpha value is -2.01. The van der Waals surface area contributed by atoms with Crippen LogP contribution in [0, 0.1) is 0 Å². The number of phenolic OH excluding ortho intramolecular Hbond substituents is 1. The molecule has 1 aromatic rings. The van der Waals surface area contributed by atoms with Gasteiger partial charge in [0, 0.05) is 0 Å². The molecule has 1 heterocycles. The molecule has 0 saturated carbocycles. The maximum Gasteiger partial charge on any atom is 0.186 e. The Morgan fingerprint density at radius 1 is 1.20 bits per heavy atom. The van der Waals surface area contributed by atoms with Gasteiger partial charge in [-0.05, 0) is 23.8 Å². The molecule has 1 aliphatic rings. The topological polar surface area (TPSA) is 157 Å². The lowest BCUT2D eigenvalue weighted by atomic mass is 9.93. The van der Waals surface area contributed by atoms with Crippen LogP contribution in [0.15, 0.2) is 24.3 Å². The third kappa shape index (κ3) is 4.15. The average Bonchev–Trinajstić information content (AvgIpc) is 2.61. The van der Waals surface area contributed by atoms with Crippen molar-refractivity contribution >= 4 is 11.9 Å². The van der Waals surface area contributed by atoms with Gasteiger partial charge in [0.15, 0.2) is 23.6 Å². The summed E-state index contributed by atoms with van der Waals surface area (Å²) >= 11 is 0. The predicted molar refractivity (Wildman–Crippen MR) is 83.6 cm³/mol. The maximum atomic E-state index is 12.0. The number of methoxy groups -OCH3 is 1. The Morgan fingerprint density at radius 2 is 1.88 bits per heavy atom. The summed E-state index contributed by atoms with van der Waals surface area (Å²) in [5.74, 6) is -0.737. The van der Waals surface area contributed by atoms with E-state index in [0.717, 1.165) is 6.08 Å². The summed E-state index contributed by atoms with van der Waals surface area (Å²) in [5, 5.41) is 57.7. The Balaban J connectivity index is 2.09. The normalized spacial score (nSPS) is 31.0. The second-order valence-electron chi connectivity index (χ2n) is 5.57. The number of carbonyl (C=O) groups excluding carboxylic acids is 1. The van der Waals surface area contributed by atoms with Gasteiger partial charge in [-0.2, -0.15) is 0 Å². The highest BCUT2D eigenvalue weighted by atomic mass is 16.6. The van der Waals surface area contributed by atoms with Gasteiger partial charge in [-0.25, -0.2) is 0 Å². The molecular formula is C16H20O9. The summed E-state index contributed by atoms with van der Waals surface area (Å²) in [6.45, 7) is 0. The van der Waals surface area contributed by atoms with Gasteiger partial charge in [0.1, 0.15) is 30.5 Å². The summed E-state index contributed by atoms with van der Waals surface area (Å²) in [5.41, 5.74) is 0.496. The van der Waals surface area contributed by atoms with Gasteiger partial charge < -0.3 is 40.1 Å². The highest BCUT2D eigenvalue weighted by Crippen LogP contribution is 2.27. The molecule has 9 heteroatoms. The van der Waals surface area contributed by atoms with Crippen LogP contribution in [0.1, 0.15) is 5.56 Å². The lowest BCUT2D eigenvalue weighted by Gasteiger charge is -2.39. The van der Waals surface area contributed by atoms with Crippen molar-refractivity contribution in [2.45, 2.75) is 36.8 Å². The van der Waals surface area contributed by atoms with Gasteiger partial charge >= 0.3 is 0 Å². The molecule has 25 heavy (non-hydrogen) atoms. The van der Waals surface area contributed by atoms with Crippen LogP contribution in [0.5, 0.6) is 11.5 Å². The molecule has 2 rings (SSSR count). The SMILES string of the molecule is COc1cc(C=CC(=O)C(O)[C@H]2OC(O)[C@H](O)[C@@H](O)[C@@H]2O)ccc1O. The first-order chi connectivity index (χ1) is 11.8. The molecule has 0 aliphatic carbocycles. The van der Waals surface area contributed by atoms with Crippen LogP contribution in [0.3, 0.4) is 0 Å². The van der Waals surface area contributed by atoms with Crippen molar-refractivity contribution < 1.29 is 44.9 Å². The highest BCUT2D eigenvalue weighted by molar-refractivity contribution is 5.97. The first-order valence-corrected chi connectivity index (χ1v) is 7.41. The number of hydrogen-bond acceptors (Lipinski definition) is 9. The van der Waals surface area contributed by atoms with Crippen LogP contribution in [-0.2, 0) is 9.53 Å². The van der Waals surface area contributed by atoms with Crippen molar-refractivity contribution in [3.05, 3.63) is 29.8 Å². The lowest BCUT2D eigenvalue weighted by Crippen LogP contribution is -2.61. The van der Waals surface area contributed by atoms with Crippen molar-refractivity contribution in [2.24, 2.45) is 0 Å². The van der Waals surface area contributed by atoms with E-state index in [1.54, 1.807) is 0 Å². The number of ether oxygens (including phenoxy) is 2. The van der Waals surface area contributed by atoms with Crippen molar-refractivity contribution in [3.63, 3.8) is 0 Å². The Bertz CT molecular complexity index is 644. The van der Waals surface area contributed by atoms with Gasteiger partial charge in [-0.3, -0.25) is 4.79 Å². The van der Waals surface area contributed by atoms with Gasteiger partial charge in [0.05, 0.1) is 7.11 Å². The Labute approximate surface area is 143 Å². The minimum Gasteiger partial charge on any atom is -0.504 e. The maximum absolute atomic E-state index is 12.0. The first kappa shape index (κ1) is 19.3. The van der Waals surface area contributed by atoms with E-state index in [1.165, 1.54) is 31.4 Å². The molecule has 0 spiro atoms. The molecular weight excluding hydrogens is 336 g/mol. The third-order valence-corrected chi connectivity index (χ3v) is 3.87. The number of benzene rings is 1. The van der Waals surface area contributed by atoms with Crippen LogP contribution in [0.4, 0.5) is 0 Å². The van der Waals surface area contributed by atoms with Crippen LogP contribution < -0.4 is 4.74 Å². The van der Waals surface area contributed by atoms with Crippen molar-refractivity contribution in [2.75, 3.05) is 7.11 Å². The summed E-state index contributed by atoms with van der Waals surface area (Å²) in [6.07, 6.45) is -8.28. The van der Waals surface area contributed by atoms with E-state index in [1.807, 2.05) is 0 Å². The minimum atomic E-state index is -1.87. The zero-order valence-electron chi connectivity index (χ0n) is 13.3. The summed E-state index contributed by atoms with van der Waals surface area (Å²) < 4.78 is 9.74. The van der Waals surface area contributed by atoms with Gasteiger partial charge in [-0.1, -0.05) is 12.1 Å². The number of hydrogen-bond donors (Lipinski definition) is 6. The number of phenols is 1. The molecule has 6 N–H and O–H groups in total. The van der Waals surface area contributed by atoms with Crippen LogP contribution >= 0.6 is 0 Å². The summed E-state index contributed by atoms with van der Waals surface area (Å²) in [4.78, 5) is 12.0.